The van der Waals surface area contributed by atoms with Crippen LogP contribution in [-0.2, 0) is 4.79 Å². The van der Waals surface area contributed by atoms with Crippen LogP contribution in [0.2, 0.25) is 0 Å². The number of carboxylic acid groups (broad SMARTS) is 1. The van der Waals surface area contributed by atoms with E-state index in [-0.39, 0.29) is 23.4 Å². The summed E-state index contributed by atoms with van der Waals surface area (Å²) >= 11 is 0. The molecule has 0 bridgehead atoms. The van der Waals surface area contributed by atoms with Crippen molar-refractivity contribution in [1.29, 1.82) is 0 Å². The number of carboxylic acids is 1. The van der Waals surface area contributed by atoms with E-state index in [2.05, 4.69) is 0 Å². The molecule has 0 saturated heterocycles. The molecule has 8 heteroatoms. The molecular weight excluding hydrogens is 278 g/mol. The molecule has 1 rings (SSSR count). The molecule has 0 aromatic heterocycles. The van der Waals surface area contributed by atoms with Gasteiger partial charge in [-0.3, -0.25) is 19.7 Å². The third-order valence-electron chi connectivity index (χ3n) is 3.11. The molecule has 0 heterocycles. The van der Waals surface area contributed by atoms with Crippen LogP contribution < -0.4 is 10.6 Å². The number of nitro benzene ring substituents is 1. The highest BCUT2D eigenvalue weighted by Gasteiger charge is 2.24. The second-order valence-corrected chi connectivity index (χ2v) is 4.56. The Morgan fingerprint density at radius 1 is 1.48 bits per heavy atom. The molecule has 0 saturated carbocycles. The number of nitrogens with two attached hydrogens (primary N) is 1. The Bertz CT molecular complexity index is 573. The molecule has 0 aliphatic heterocycles. The number of anilines is 1. The first kappa shape index (κ1) is 16.4. The standard InChI is InChI=1S/C13H17N3O5/c1-3-15(8(2)6-12(17)18)10-5-4-9(13(14)19)7-11(10)16(20)21/h4-5,7-8H,3,6H2,1-2H3,(H2,14,19)(H,17,18). The normalized spacial score (nSPS) is 11.7. The summed E-state index contributed by atoms with van der Waals surface area (Å²) < 4.78 is 0. The van der Waals surface area contributed by atoms with Crippen molar-refractivity contribution in [2.45, 2.75) is 26.3 Å². The second kappa shape index (κ2) is 6.69. The van der Waals surface area contributed by atoms with E-state index in [9.17, 15) is 19.7 Å². The van der Waals surface area contributed by atoms with E-state index in [1.807, 2.05) is 0 Å². The van der Waals surface area contributed by atoms with Gasteiger partial charge in [-0.15, -0.1) is 0 Å². The molecule has 0 aliphatic rings. The summed E-state index contributed by atoms with van der Waals surface area (Å²) in [5.74, 6) is -1.75. The van der Waals surface area contributed by atoms with Crippen molar-refractivity contribution < 1.29 is 19.6 Å². The van der Waals surface area contributed by atoms with Gasteiger partial charge < -0.3 is 15.7 Å². The van der Waals surface area contributed by atoms with Gasteiger partial charge in [0.05, 0.1) is 11.3 Å². The highest BCUT2D eigenvalue weighted by Crippen LogP contribution is 2.31. The number of carbonyl (C=O) groups excluding carboxylic acids is 1. The van der Waals surface area contributed by atoms with Gasteiger partial charge in [0.1, 0.15) is 5.69 Å². The van der Waals surface area contributed by atoms with Crippen LogP contribution in [0.4, 0.5) is 11.4 Å². The summed E-state index contributed by atoms with van der Waals surface area (Å²) in [4.78, 5) is 34.1. The van der Waals surface area contributed by atoms with Crippen LogP contribution in [0.3, 0.4) is 0 Å². The van der Waals surface area contributed by atoms with E-state index in [1.165, 1.54) is 12.1 Å². The lowest BCUT2D eigenvalue weighted by Gasteiger charge is -2.28. The number of benzene rings is 1. The van der Waals surface area contributed by atoms with Gasteiger partial charge in [0, 0.05) is 24.2 Å². The minimum Gasteiger partial charge on any atom is -0.481 e. The molecule has 3 N–H and O–H groups in total. The van der Waals surface area contributed by atoms with Gasteiger partial charge in [-0.25, -0.2) is 0 Å². The molecule has 1 atom stereocenters. The first-order chi connectivity index (χ1) is 9.77. The summed E-state index contributed by atoms with van der Waals surface area (Å²) in [6, 6.07) is 3.49. The van der Waals surface area contributed by atoms with Crippen LogP contribution in [0.1, 0.15) is 30.6 Å². The zero-order valence-corrected chi connectivity index (χ0v) is 11.8. The largest absolute Gasteiger partial charge is 0.481 e. The van der Waals surface area contributed by atoms with E-state index in [0.29, 0.717) is 6.54 Å². The first-order valence-corrected chi connectivity index (χ1v) is 6.34. The average Bonchev–Trinajstić information content (AvgIpc) is 2.38. The monoisotopic (exact) mass is 295 g/mol. The maximum atomic E-state index is 11.2. The molecule has 0 aliphatic carbocycles. The number of hydrogen-bond acceptors (Lipinski definition) is 5. The fraction of sp³-hybridized carbons (Fsp3) is 0.385. The Morgan fingerprint density at radius 3 is 2.52 bits per heavy atom. The Labute approximate surface area is 121 Å². The number of primary amides is 1. The van der Waals surface area contributed by atoms with Gasteiger partial charge in [0.2, 0.25) is 5.91 Å². The molecule has 1 aromatic carbocycles. The van der Waals surface area contributed by atoms with Crippen molar-refractivity contribution in [3.8, 4) is 0 Å². The molecule has 0 radical (unpaired) electrons. The van der Waals surface area contributed by atoms with Gasteiger partial charge in [-0.2, -0.15) is 0 Å². The maximum Gasteiger partial charge on any atom is 0.305 e. The van der Waals surface area contributed by atoms with E-state index >= 15 is 0 Å². The average molecular weight is 295 g/mol. The molecule has 0 fully saturated rings. The highest BCUT2D eigenvalue weighted by atomic mass is 16.6. The Morgan fingerprint density at radius 2 is 2.10 bits per heavy atom. The van der Waals surface area contributed by atoms with Crippen molar-refractivity contribution in [2.24, 2.45) is 5.73 Å². The van der Waals surface area contributed by atoms with Crippen molar-refractivity contribution in [2.75, 3.05) is 11.4 Å². The van der Waals surface area contributed by atoms with Crippen molar-refractivity contribution >= 4 is 23.3 Å². The van der Waals surface area contributed by atoms with Crippen LogP contribution in [-0.4, -0.2) is 34.5 Å². The summed E-state index contributed by atoms with van der Waals surface area (Å²) in [7, 11) is 0. The highest BCUT2D eigenvalue weighted by molar-refractivity contribution is 5.94. The number of hydrogen-bond donors (Lipinski definition) is 2. The Hall–Kier alpha value is -2.64. The van der Waals surface area contributed by atoms with E-state index in [0.717, 1.165) is 6.07 Å². The van der Waals surface area contributed by atoms with Gasteiger partial charge in [-0.1, -0.05) is 0 Å². The predicted molar refractivity (Wildman–Crippen MR) is 76.3 cm³/mol. The zero-order valence-electron chi connectivity index (χ0n) is 11.8. The molecule has 1 unspecified atom stereocenters. The number of amides is 1. The third kappa shape index (κ3) is 3.91. The quantitative estimate of drug-likeness (QED) is 0.578. The SMILES string of the molecule is CCN(c1ccc(C(N)=O)cc1[N+](=O)[O-])C(C)CC(=O)O. The maximum absolute atomic E-state index is 11.2. The van der Waals surface area contributed by atoms with Crippen LogP contribution in [0, 0.1) is 10.1 Å². The Balaban J connectivity index is 3.28. The third-order valence-corrected chi connectivity index (χ3v) is 3.11. The van der Waals surface area contributed by atoms with Crippen LogP contribution in [0.25, 0.3) is 0 Å². The lowest BCUT2D eigenvalue weighted by Crippen LogP contribution is -2.35. The molecule has 0 spiro atoms. The minimum absolute atomic E-state index is 0.0346. The van der Waals surface area contributed by atoms with Crippen LogP contribution in [0.15, 0.2) is 18.2 Å². The molecular formula is C13H17N3O5. The summed E-state index contributed by atoms with van der Waals surface area (Å²) in [5, 5.41) is 20.0. The lowest BCUT2D eigenvalue weighted by atomic mass is 10.1. The van der Waals surface area contributed by atoms with Crippen molar-refractivity contribution in [3.05, 3.63) is 33.9 Å². The molecule has 1 aromatic rings. The fourth-order valence-corrected chi connectivity index (χ4v) is 2.15. The lowest BCUT2D eigenvalue weighted by molar-refractivity contribution is -0.384. The molecule has 114 valence electrons. The topological polar surface area (TPSA) is 127 Å². The number of nitro groups is 1. The molecule has 21 heavy (non-hydrogen) atoms. The predicted octanol–water partition coefficient (Wildman–Crippen LogP) is 1.38. The Kier molecular flexibility index (Phi) is 5.23. The zero-order chi connectivity index (χ0) is 16.2. The fourth-order valence-electron chi connectivity index (χ4n) is 2.15. The summed E-state index contributed by atoms with van der Waals surface area (Å²) in [6.07, 6.45) is -0.150. The van der Waals surface area contributed by atoms with Gasteiger partial charge >= 0.3 is 5.97 Å². The first-order valence-electron chi connectivity index (χ1n) is 6.34. The minimum atomic E-state index is -0.989. The number of carbonyl (C=O) groups is 2. The van der Waals surface area contributed by atoms with Gasteiger partial charge in [0.15, 0.2) is 0 Å². The van der Waals surface area contributed by atoms with Crippen LogP contribution in [0.5, 0.6) is 0 Å². The van der Waals surface area contributed by atoms with Gasteiger partial charge in [0.25, 0.3) is 5.69 Å². The van der Waals surface area contributed by atoms with E-state index in [4.69, 9.17) is 10.8 Å². The second-order valence-electron chi connectivity index (χ2n) is 4.56. The molecule has 8 nitrogen and oxygen atoms in total. The van der Waals surface area contributed by atoms with Crippen molar-refractivity contribution in [1.82, 2.24) is 0 Å². The number of rotatable bonds is 7. The number of nitrogens with zero attached hydrogens (tertiary/aromatic N) is 2. The van der Waals surface area contributed by atoms with E-state index < -0.39 is 22.8 Å². The molecule has 1 amide bonds. The van der Waals surface area contributed by atoms with Gasteiger partial charge in [-0.05, 0) is 26.0 Å². The summed E-state index contributed by atoms with van der Waals surface area (Å²) in [6.45, 7) is 3.83. The van der Waals surface area contributed by atoms with Crippen molar-refractivity contribution in [3.63, 3.8) is 0 Å². The van der Waals surface area contributed by atoms with Crippen LogP contribution >= 0.6 is 0 Å². The smallest absolute Gasteiger partial charge is 0.305 e. The van der Waals surface area contributed by atoms with E-state index in [1.54, 1.807) is 18.7 Å². The summed E-state index contributed by atoms with van der Waals surface area (Å²) in [5.41, 5.74) is 5.14. The number of aliphatic carboxylic acids is 1.